The van der Waals surface area contributed by atoms with E-state index in [1.807, 2.05) is 0 Å². The van der Waals surface area contributed by atoms with Crippen LogP contribution in [0.3, 0.4) is 0 Å². The van der Waals surface area contributed by atoms with E-state index in [2.05, 4.69) is 6.07 Å². The number of benzene rings is 2. The molecule has 12 heteroatoms. The SMILES string of the molecule is N#C/C(=C1/c2cc([N+](=O)[O-])ccc2-c2c1cc([N+](=O)[O-])cc2[N+](=O)[O-])N1CCOCC1. The van der Waals surface area contributed by atoms with Gasteiger partial charge in [-0.05, 0) is 11.6 Å². The van der Waals surface area contributed by atoms with Crippen molar-refractivity contribution in [3.63, 3.8) is 0 Å². The van der Waals surface area contributed by atoms with E-state index in [1.54, 1.807) is 4.90 Å². The maximum Gasteiger partial charge on any atom is 0.284 e. The van der Waals surface area contributed by atoms with E-state index in [0.29, 0.717) is 31.9 Å². The predicted molar refractivity (Wildman–Crippen MR) is 106 cm³/mol. The molecule has 0 unspecified atom stereocenters. The van der Waals surface area contributed by atoms with Gasteiger partial charge < -0.3 is 9.64 Å². The van der Waals surface area contributed by atoms with E-state index in [-0.39, 0.29) is 33.6 Å². The fourth-order valence-corrected chi connectivity index (χ4v) is 3.88. The summed E-state index contributed by atoms with van der Waals surface area (Å²) in [5.41, 5.74) is -0.188. The number of ether oxygens (including phenoxy) is 1. The summed E-state index contributed by atoms with van der Waals surface area (Å²) in [6.07, 6.45) is 0. The number of hydrogen-bond donors (Lipinski definition) is 0. The van der Waals surface area contributed by atoms with Crippen molar-refractivity contribution in [2.24, 2.45) is 0 Å². The molecule has 4 rings (SSSR count). The average molecular weight is 423 g/mol. The summed E-state index contributed by atoms with van der Waals surface area (Å²) in [6.45, 7) is 1.43. The summed E-state index contributed by atoms with van der Waals surface area (Å²) in [5, 5.41) is 44.4. The molecule has 0 N–H and O–H groups in total. The number of non-ortho nitro benzene ring substituents is 2. The zero-order valence-corrected chi connectivity index (χ0v) is 15.8. The molecule has 1 aliphatic heterocycles. The molecule has 12 nitrogen and oxygen atoms in total. The lowest BCUT2D eigenvalue weighted by Crippen LogP contribution is -2.35. The van der Waals surface area contributed by atoms with Crippen LogP contribution in [0.5, 0.6) is 0 Å². The minimum atomic E-state index is -0.753. The van der Waals surface area contributed by atoms with Gasteiger partial charge in [0.25, 0.3) is 17.1 Å². The van der Waals surface area contributed by atoms with Gasteiger partial charge in [-0.15, -0.1) is 0 Å². The molecular formula is C19H13N5O7. The van der Waals surface area contributed by atoms with Gasteiger partial charge in [0.2, 0.25) is 0 Å². The second-order valence-corrected chi connectivity index (χ2v) is 6.82. The molecule has 0 bridgehead atoms. The molecule has 1 saturated heterocycles. The van der Waals surface area contributed by atoms with Gasteiger partial charge in [-0.25, -0.2) is 0 Å². The van der Waals surface area contributed by atoms with E-state index in [1.165, 1.54) is 24.3 Å². The highest BCUT2D eigenvalue weighted by atomic mass is 16.6. The Kier molecular flexibility index (Phi) is 4.80. The van der Waals surface area contributed by atoms with Gasteiger partial charge >= 0.3 is 0 Å². The van der Waals surface area contributed by atoms with Gasteiger partial charge in [0.15, 0.2) is 0 Å². The maximum atomic E-state index is 11.7. The Morgan fingerprint density at radius 3 is 2.13 bits per heavy atom. The lowest BCUT2D eigenvalue weighted by molar-refractivity contribution is -0.393. The number of nitrogens with zero attached hydrogens (tertiary/aromatic N) is 5. The van der Waals surface area contributed by atoms with Gasteiger partial charge in [0.1, 0.15) is 11.8 Å². The minimum absolute atomic E-state index is 0.0940. The van der Waals surface area contributed by atoms with E-state index < -0.39 is 26.1 Å². The average Bonchev–Trinajstić information content (AvgIpc) is 3.08. The molecule has 31 heavy (non-hydrogen) atoms. The third kappa shape index (κ3) is 3.22. The van der Waals surface area contributed by atoms with E-state index in [4.69, 9.17) is 4.74 Å². The molecule has 1 aliphatic carbocycles. The van der Waals surface area contributed by atoms with Crippen molar-refractivity contribution in [2.45, 2.75) is 0 Å². The number of allylic oxidation sites excluding steroid dienone is 1. The number of nitro benzene ring substituents is 3. The quantitative estimate of drug-likeness (QED) is 0.348. The van der Waals surface area contributed by atoms with Gasteiger partial charge in [0.05, 0.1) is 39.6 Å². The van der Waals surface area contributed by atoms with Crippen molar-refractivity contribution in [1.29, 1.82) is 5.26 Å². The number of nitro groups is 3. The zero-order chi connectivity index (χ0) is 22.3. The largest absolute Gasteiger partial charge is 0.378 e. The number of rotatable bonds is 4. The topological polar surface area (TPSA) is 166 Å². The van der Waals surface area contributed by atoms with Gasteiger partial charge in [-0.3, -0.25) is 30.3 Å². The minimum Gasteiger partial charge on any atom is -0.378 e. The Labute approximate surface area is 174 Å². The molecule has 0 saturated carbocycles. The molecule has 0 radical (unpaired) electrons. The maximum absolute atomic E-state index is 11.7. The van der Waals surface area contributed by atoms with Gasteiger partial charge in [-0.1, -0.05) is 0 Å². The third-order valence-electron chi connectivity index (χ3n) is 5.20. The van der Waals surface area contributed by atoms with Crippen LogP contribution < -0.4 is 0 Å². The summed E-state index contributed by atoms with van der Waals surface area (Å²) < 4.78 is 5.31. The van der Waals surface area contributed by atoms with Crippen LogP contribution >= 0.6 is 0 Å². The number of hydrogen-bond acceptors (Lipinski definition) is 9. The lowest BCUT2D eigenvalue weighted by atomic mass is 10.00. The van der Waals surface area contributed by atoms with Crippen LogP contribution in [-0.2, 0) is 4.74 Å². The second-order valence-electron chi connectivity index (χ2n) is 6.82. The molecule has 0 spiro atoms. The first kappa shape index (κ1) is 19.9. The van der Waals surface area contributed by atoms with Gasteiger partial charge in [-0.2, -0.15) is 5.26 Å². The van der Waals surface area contributed by atoms with E-state index in [0.717, 1.165) is 6.07 Å². The molecule has 2 aromatic rings. The first-order chi connectivity index (χ1) is 14.8. The highest BCUT2D eigenvalue weighted by Gasteiger charge is 2.37. The van der Waals surface area contributed by atoms with Crippen molar-refractivity contribution in [3.8, 4) is 17.2 Å². The molecule has 1 fully saturated rings. The fraction of sp³-hybridized carbons (Fsp3) is 0.211. The molecule has 2 aromatic carbocycles. The van der Waals surface area contributed by atoms with Gasteiger partial charge in [0, 0.05) is 48.0 Å². The highest BCUT2D eigenvalue weighted by Crippen LogP contribution is 2.52. The van der Waals surface area contributed by atoms with Crippen LogP contribution in [0.4, 0.5) is 17.1 Å². The van der Waals surface area contributed by atoms with Crippen LogP contribution in [0.1, 0.15) is 11.1 Å². The van der Waals surface area contributed by atoms with E-state index in [9.17, 15) is 35.6 Å². The predicted octanol–water partition coefficient (Wildman–Crippen LogP) is 3.01. The Morgan fingerprint density at radius 1 is 0.903 bits per heavy atom. The van der Waals surface area contributed by atoms with E-state index >= 15 is 0 Å². The van der Waals surface area contributed by atoms with Crippen LogP contribution in [0.15, 0.2) is 36.0 Å². The Balaban J connectivity index is 2.11. The Hall–Kier alpha value is -4.37. The standard InChI is InChI=1S/C19H13N5O7/c20-10-17(21-3-5-31-6-4-21)19-14-7-11(22(25)26)1-2-13(14)18-15(19)8-12(23(27)28)9-16(18)24(29)30/h1-2,7-9H,3-6H2/b19-17+. The summed E-state index contributed by atoms with van der Waals surface area (Å²) in [7, 11) is 0. The third-order valence-corrected chi connectivity index (χ3v) is 5.20. The Bertz CT molecular complexity index is 1220. The summed E-state index contributed by atoms with van der Waals surface area (Å²) in [5.74, 6) is 0. The van der Waals surface area contributed by atoms with Crippen LogP contribution in [-0.4, -0.2) is 46.0 Å². The number of fused-ring (bicyclic) bond motifs is 3. The summed E-state index contributed by atoms with van der Waals surface area (Å²) >= 11 is 0. The highest BCUT2D eigenvalue weighted by molar-refractivity contribution is 6.06. The molecule has 1 heterocycles. The molecular weight excluding hydrogens is 410 g/mol. The fourth-order valence-electron chi connectivity index (χ4n) is 3.88. The molecule has 0 atom stereocenters. The number of morpholine rings is 1. The summed E-state index contributed by atoms with van der Waals surface area (Å²) in [6, 6.07) is 7.91. The second kappa shape index (κ2) is 7.47. The first-order valence-electron chi connectivity index (χ1n) is 9.07. The summed E-state index contributed by atoms with van der Waals surface area (Å²) in [4.78, 5) is 34.1. The Morgan fingerprint density at radius 2 is 1.55 bits per heavy atom. The molecule has 0 amide bonds. The normalized spacial score (nSPS) is 16.2. The molecule has 0 aromatic heterocycles. The number of nitriles is 1. The molecule has 156 valence electrons. The van der Waals surface area contributed by atoms with Crippen molar-refractivity contribution >= 4 is 22.6 Å². The van der Waals surface area contributed by atoms with Crippen molar-refractivity contribution in [2.75, 3.05) is 26.3 Å². The monoisotopic (exact) mass is 423 g/mol. The lowest BCUT2D eigenvalue weighted by Gasteiger charge is -2.29. The van der Waals surface area contributed by atoms with Crippen molar-refractivity contribution in [3.05, 3.63) is 77.5 Å². The van der Waals surface area contributed by atoms with Crippen molar-refractivity contribution < 1.29 is 19.5 Å². The van der Waals surface area contributed by atoms with Crippen molar-refractivity contribution in [1.82, 2.24) is 4.90 Å². The molecule has 2 aliphatic rings. The smallest absolute Gasteiger partial charge is 0.284 e. The van der Waals surface area contributed by atoms with Crippen LogP contribution in [0.25, 0.3) is 16.7 Å². The zero-order valence-electron chi connectivity index (χ0n) is 15.8. The van der Waals surface area contributed by atoms with Crippen LogP contribution in [0, 0.1) is 41.7 Å². The van der Waals surface area contributed by atoms with Crippen LogP contribution in [0.2, 0.25) is 0 Å². The first-order valence-corrected chi connectivity index (χ1v) is 9.07.